The van der Waals surface area contributed by atoms with Crippen molar-refractivity contribution in [3.63, 3.8) is 0 Å². The van der Waals surface area contributed by atoms with Crippen molar-refractivity contribution in [3.05, 3.63) is 253 Å². The molecule has 0 amide bonds. The van der Waals surface area contributed by atoms with Gasteiger partial charge in [-0.05, 0) is 69.3 Å². The van der Waals surface area contributed by atoms with Crippen LogP contribution in [0, 0.1) is 0 Å². The Hall–Kier alpha value is -8.21. The normalized spacial score (nSPS) is 12.5. The van der Waals surface area contributed by atoms with Crippen LogP contribution >= 0.6 is 0 Å². The Balaban J connectivity index is 1.17. The highest BCUT2D eigenvalue weighted by Crippen LogP contribution is 2.54. The van der Waals surface area contributed by atoms with Crippen molar-refractivity contribution in [3.8, 4) is 84.4 Å². The van der Waals surface area contributed by atoms with Gasteiger partial charge in [-0.25, -0.2) is 15.0 Å². The number of fused-ring (bicyclic) bond motifs is 3. The molecule has 9 aromatic carbocycles. The number of ether oxygens (including phenoxy) is 1. The molecule has 0 unspecified atom stereocenters. The van der Waals surface area contributed by atoms with Gasteiger partial charge in [-0.3, -0.25) is 0 Å². The molecule has 4 nitrogen and oxygen atoms in total. The summed E-state index contributed by atoms with van der Waals surface area (Å²) in [4.78, 5) is 16.1. The fourth-order valence-electron chi connectivity index (χ4n) is 8.78. The summed E-state index contributed by atoms with van der Waals surface area (Å²) in [5.74, 6) is 2.37. The zero-order valence-corrected chi connectivity index (χ0v) is 33.8. The lowest BCUT2D eigenvalue weighted by Crippen LogP contribution is -2.38. The molecule has 0 aliphatic carbocycles. The molecule has 1 aromatic heterocycles. The molecular weight excluding hydrogens is 755 g/mol. The summed E-state index contributed by atoms with van der Waals surface area (Å²) in [5, 5.41) is 0. The van der Waals surface area contributed by atoms with Gasteiger partial charge in [0.15, 0.2) is 23.1 Å². The van der Waals surface area contributed by atoms with Crippen LogP contribution in [0.4, 0.5) is 0 Å². The number of rotatable bonds is 8. The van der Waals surface area contributed by atoms with Crippen LogP contribution in [-0.2, 0) is 5.60 Å². The van der Waals surface area contributed by atoms with Crippen LogP contribution < -0.4 is 4.74 Å². The van der Waals surface area contributed by atoms with Crippen molar-refractivity contribution in [1.82, 2.24) is 15.0 Å². The van der Waals surface area contributed by atoms with Crippen LogP contribution in [0.1, 0.15) is 16.7 Å². The fourth-order valence-corrected chi connectivity index (χ4v) is 8.78. The summed E-state index contributed by atoms with van der Waals surface area (Å²) in [6.07, 6.45) is 0. The van der Waals surface area contributed by atoms with Gasteiger partial charge in [-0.15, -0.1) is 0 Å². The number of benzene rings is 9. The van der Waals surface area contributed by atoms with Crippen molar-refractivity contribution in [2.24, 2.45) is 0 Å². The molecule has 4 heteroatoms. The monoisotopic (exact) mass is 793 g/mol. The molecule has 1 aliphatic heterocycles. The van der Waals surface area contributed by atoms with Gasteiger partial charge in [0, 0.05) is 33.4 Å². The molecule has 0 bridgehead atoms. The topological polar surface area (TPSA) is 47.9 Å². The van der Waals surface area contributed by atoms with E-state index in [2.05, 4.69) is 206 Å². The summed E-state index contributed by atoms with van der Waals surface area (Å²) in [6.45, 7) is 0. The molecule has 0 saturated heterocycles. The van der Waals surface area contributed by atoms with Gasteiger partial charge in [0.25, 0.3) is 0 Å². The van der Waals surface area contributed by atoms with E-state index in [1.165, 1.54) is 0 Å². The van der Waals surface area contributed by atoms with Crippen LogP contribution in [0.5, 0.6) is 5.75 Å². The van der Waals surface area contributed by atoms with E-state index in [9.17, 15) is 0 Å². The lowest BCUT2D eigenvalue weighted by atomic mass is 9.75. The SMILES string of the molecule is c1ccc(-c2cccc(-c3nc(-c4cc(-c5ccccc5)cc(-c5ccccc5)c4)nc(-c4cccc5c4OC(c4ccccc4)(c4ccccc4)c4ccccc4-5)n3)c2)cc1. The van der Waals surface area contributed by atoms with Gasteiger partial charge in [0.1, 0.15) is 5.75 Å². The molecule has 0 N–H and O–H groups in total. The van der Waals surface area contributed by atoms with E-state index in [1.807, 2.05) is 30.3 Å². The van der Waals surface area contributed by atoms with E-state index in [1.54, 1.807) is 0 Å². The summed E-state index contributed by atoms with van der Waals surface area (Å²) < 4.78 is 7.63. The highest BCUT2D eigenvalue weighted by Gasteiger charge is 2.45. The minimum absolute atomic E-state index is 0.521. The van der Waals surface area contributed by atoms with E-state index in [0.29, 0.717) is 23.2 Å². The van der Waals surface area contributed by atoms with Crippen molar-refractivity contribution in [2.45, 2.75) is 5.60 Å². The Bertz CT molecular complexity index is 3090. The summed E-state index contributed by atoms with van der Waals surface area (Å²) >= 11 is 0. The van der Waals surface area contributed by atoms with Crippen LogP contribution in [0.3, 0.4) is 0 Å². The molecular formula is C58H39N3O. The van der Waals surface area contributed by atoms with Gasteiger partial charge in [0.05, 0.1) is 5.56 Å². The Morgan fingerprint density at radius 1 is 0.274 bits per heavy atom. The third kappa shape index (κ3) is 6.65. The molecule has 292 valence electrons. The zero-order valence-electron chi connectivity index (χ0n) is 33.8. The number of hydrogen-bond donors (Lipinski definition) is 0. The third-order valence-electron chi connectivity index (χ3n) is 11.7. The standard InChI is InChI=1S/C58H39N3O/c1-6-20-40(21-7-1)43-26-18-27-44(36-43)55-59-56(47-38-45(41-22-8-2-9-23-41)37-46(39-47)42-24-10-3-11-25-42)61-57(60-55)52-34-19-33-51-50-32-16-17-35-53(50)58(62-54(51)52,48-28-12-4-13-29-48)49-30-14-5-15-31-49/h1-39H. The number of hydrogen-bond acceptors (Lipinski definition) is 4. The third-order valence-corrected chi connectivity index (χ3v) is 11.7. The predicted molar refractivity (Wildman–Crippen MR) is 251 cm³/mol. The first-order valence-corrected chi connectivity index (χ1v) is 20.9. The van der Waals surface area contributed by atoms with Crippen LogP contribution in [0.25, 0.3) is 78.7 Å². The maximum Gasteiger partial charge on any atom is 0.185 e. The minimum atomic E-state index is -0.959. The largest absolute Gasteiger partial charge is 0.472 e. The van der Waals surface area contributed by atoms with E-state index in [0.717, 1.165) is 77.9 Å². The maximum absolute atomic E-state index is 7.63. The Kier molecular flexibility index (Phi) is 9.36. The molecule has 0 saturated carbocycles. The first-order valence-electron chi connectivity index (χ1n) is 20.9. The first-order chi connectivity index (χ1) is 30.7. The number of para-hydroxylation sites is 1. The molecule has 62 heavy (non-hydrogen) atoms. The van der Waals surface area contributed by atoms with Crippen molar-refractivity contribution < 1.29 is 4.74 Å². The average Bonchev–Trinajstić information content (AvgIpc) is 3.37. The number of aromatic nitrogens is 3. The van der Waals surface area contributed by atoms with E-state index < -0.39 is 5.60 Å². The van der Waals surface area contributed by atoms with E-state index in [-0.39, 0.29) is 0 Å². The van der Waals surface area contributed by atoms with Gasteiger partial charge in [-0.1, -0.05) is 206 Å². The fraction of sp³-hybridized carbons (Fsp3) is 0.0172. The molecule has 0 radical (unpaired) electrons. The quantitative estimate of drug-likeness (QED) is 0.154. The zero-order chi connectivity index (χ0) is 41.3. The highest BCUT2D eigenvalue weighted by atomic mass is 16.5. The van der Waals surface area contributed by atoms with E-state index >= 15 is 0 Å². The average molecular weight is 794 g/mol. The van der Waals surface area contributed by atoms with Crippen LogP contribution in [-0.4, -0.2) is 15.0 Å². The van der Waals surface area contributed by atoms with Crippen molar-refractivity contribution in [1.29, 1.82) is 0 Å². The molecule has 1 aliphatic rings. The number of nitrogens with zero attached hydrogens (tertiary/aromatic N) is 3. The lowest BCUT2D eigenvalue weighted by molar-refractivity contribution is 0.153. The maximum atomic E-state index is 7.63. The Labute approximate surface area is 361 Å². The van der Waals surface area contributed by atoms with Gasteiger partial charge in [-0.2, -0.15) is 0 Å². The van der Waals surface area contributed by atoms with Gasteiger partial charge in [0.2, 0.25) is 0 Å². The minimum Gasteiger partial charge on any atom is -0.472 e. The van der Waals surface area contributed by atoms with Gasteiger partial charge >= 0.3 is 0 Å². The van der Waals surface area contributed by atoms with Crippen molar-refractivity contribution >= 4 is 0 Å². The Morgan fingerprint density at radius 2 is 0.661 bits per heavy atom. The van der Waals surface area contributed by atoms with Gasteiger partial charge < -0.3 is 4.74 Å². The molecule has 0 spiro atoms. The van der Waals surface area contributed by atoms with Crippen molar-refractivity contribution in [2.75, 3.05) is 0 Å². The second kappa shape index (κ2) is 15.8. The smallest absolute Gasteiger partial charge is 0.185 e. The summed E-state index contributed by atoms with van der Waals surface area (Å²) in [5.41, 5.74) is 13.4. The van der Waals surface area contributed by atoms with E-state index in [4.69, 9.17) is 19.7 Å². The highest BCUT2D eigenvalue weighted by molar-refractivity contribution is 5.87. The molecule has 0 fully saturated rings. The summed E-state index contributed by atoms with van der Waals surface area (Å²) in [6, 6.07) is 82.3. The first kappa shape index (κ1) is 36.8. The van der Waals surface area contributed by atoms with Crippen LogP contribution in [0.15, 0.2) is 237 Å². The predicted octanol–water partition coefficient (Wildman–Crippen LogP) is 14.2. The lowest BCUT2D eigenvalue weighted by Gasteiger charge is -2.42. The second-order valence-corrected chi connectivity index (χ2v) is 15.5. The molecule has 11 rings (SSSR count). The molecule has 10 aromatic rings. The Morgan fingerprint density at radius 3 is 1.26 bits per heavy atom. The molecule has 2 heterocycles. The molecule has 0 atom stereocenters. The second-order valence-electron chi connectivity index (χ2n) is 15.5. The van der Waals surface area contributed by atoms with Crippen LogP contribution in [0.2, 0.25) is 0 Å². The summed E-state index contributed by atoms with van der Waals surface area (Å²) in [7, 11) is 0.